The lowest BCUT2D eigenvalue weighted by atomic mass is 9.71. The Labute approximate surface area is 203 Å². The van der Waals surface area contributed by atoms with Gasteiger partial charge >= 0.3 is 0 Å². The van der Waals surface area contributed by atoms with E-state index in [0.717, 1.165) is 37.1 Å². The van der Waals surface area contributed by atoms with Gasteiger partial charge in [0.2, 0.25) is 0 Å². The van der Waals surface area contributed by atoms with E-state index in [4.69, 9.17) is 4.74 Å². The van der Waals surface area contributed by atoms with E-state index in [0.29, 0.717) is 35.3 Å². The second kappa shape index (κ2) is 9.49. The molecule has 2 aromatic rings. The first kappa shape index (κ1) is 23.0. The molecule has 0 aromatic heterocycles. The number of halogens is 1. The van der Waals surface area contributed by atoms with Crippen molar-refractivity contribution < 1.29 is 23.5 Å². The van der Waals surface area contributed by atoms with E-state index >= 15 is 0 Å². The molecule has 0 spiro atoms. The maximum atomic E-state index is 13.9. The van der Waals surface area contributed by atoms with E-state index in [1.807, 2.05) is 19.2 Å². The number of Topliss-reactive ketones (excluding diaryl/α,β-unsaturated/α-hetero) is 2. The number of carbonyl (C=O) groups excluding carboxylic acids is 3. The third-order valence-electron chi connectivity index (χ3n) is 6.98. The number of ether oxygens (including phenoxy) is 1. The van der Waals surface area contributed by atoms with Crippen LogP contribution in [0.25, 0.3) is 0 Å². The minimum Gasteiger partial charge on any atom is -0.483 e. The fourth-order valence-electron chi connectivity index (χ4n) is 5.41. The quantitative estimate of drug-likeness (QED) is 0.668. The zero-order valence-electron chi connectivity index (χ0n) is 19.6. The van der Waals surface area contributed by atoms with Crippen molar-refractivity contribution in [2.24, 2.45) is 0 Å². The van der Waals surface area contributed by atoms with Gasteiger partial charge in [-0.1, -0.05) is 30.3 Å². The molecule has 2 aromatic carbocycles. The summed E-state index contributed by atoms with van der Waals surface area (Å²) in [5.41, 5.74) is 4.07. The number of allylic oxidation sites excluding steroid dienone is 4. The Bertz CT molecular complexity index is 1240. The molecule has 0 radical (unpaired) electrons. The average Bonchev–Trinajstić information content (AvgIpc) is 2.86. The molecule has 5 rings (SSSR count). The zero-order valence-corrected chi connectivity index (χ0v) is 19.6. The monoisotopic (exact) mass is 474 g/mol. The lowest BCUT2D eigenvalue weighted by Gasteiger charge is -2.42. The van der Waals surface area contributed by atoms with Crippen LogP contribution in [0.15, 0.2) is 71.1 Å². The van der Waals surface area contributed by atoms with E-state index in [1.54, 1.807) is 24.3 Å². The number of benzene rings is 2. The van der Waals surface area contributed by atoms with Crippen LogP contribution in [0, 0.1) is 5.82 Å². The highest BCUT2D eigenvalue weighted by Crippen LogP contribution is 2.50. The summed E-state index contributed by atoms with van der Waals surface area (Å²) in [6, 6.07) is 13.2. The van der Waals surface area contributed by atoms with Gasteiger partial charge in [-0.25, -0.2) is 4.39 Å². The highest BCUT2D eigenvalue weighted by molar-refractivity contribution is 6.06. The lowest BCUT2D eigenvalue weighted by Crippen LogP contribution is -2.37. The summed E-state index contributed by atoms with van der Waals surface area (Å²) in [6.45, 7) is -0.336. The summed E-state index contributed by atoms with van der Waals surface area (Å²) in [5, 5.41) is 2.52. The molecule has 1 N–H and O–H groups in total. The summed E-state index contributed by atoms with van der Waals surface area (Å²) in [6.07, 6.45) is 4.06. The second-order valence-corrected chi connectivity index (χ2v) is 9.12. The number of rotatable bonds is 5. The number of nitrogens with zero attached hydrogens (tertiary/aromatic N) is 1. The van der Waals surface area contributed by atoms with Gasteiger partial charge in [0.1, 0.15) is 11.6 Å². The minimum absolute atomic E-state index is 0.0557. The molecule has 2 aliphatic carbocycles. The van der Waals surface area contributed by atoms with Crippen molar-refractivity contribution in [2.45, 2.75) is 44.4 Å². The summed E-state index contributed by atoms with van der Waals surface area (Å²) in [7, 11) is 1.95. The standard InChI is InChI=1S/C28H27FN2O4/c1-31-20-11-6-13-22(32)27(20)26(28-21(31)12-7-14-23(28)33)17-8-2-5-15-24(17)35-16-25(34)30-19-10-4-3-9-18(19)29/h2-5,8-10,15,26H,6-7,11-14,16H2,1H3,(H,30,34). The van der Waals surface area contributed by atoms with Crippen LogP contribution < -0.4 is 10.1 Å². The highest BCUT2D eigenvalue weighted by Gasteiger charge is 2.43. The zero-order chi connectivity index (χ0) is 24.5. The van der Waals surface area contributed by atoms with E-state index in [-0.39, 0.29) is 23.9 Å². The molecule has 1 heterocycles. The van der Waals surface area contributed by atoms with Gasteiger partial charge in [0, 0.05) is 53.9 Å². The van der Waals surface area contributed by atoms with Crippen LogP contribution in [-0.2, 0) is 14.4 Å². The van der Waals surface area contributed by atoms with E-state index in [1.165, 1.54) is 12.1 Å². The molecular formula is C28H27FN2O4. The molecular weight excluding hydrogens is 447 g/mol. The molecule has 7 heteroatoms. The van der Waals surface area contributed by atoms with Gasteiger partial charge in [0.15, 0.2) is 18.2 Å². The van der Waals surface area contributed by atoms with Crippen molar-refractivity contribution in [3.63, 3.8) is 0 Å². The first-order valence-electron chi connectivity index (χ1n) is 12.0. The van der Waals surface area contributed by atoms with Crippen LogP contribution in [0.4, 0.5) is 10.1 Å². The molecule has 35 heavy (non-hydrogen) atoms. The fraction of sp³-hybridized carbons (Fsp3) is 0.321. The van der Waals surface area contributed by atoms with E-state index < -0.39 is 17.6 Å². The summed E-state index contributed by atoms with van der Waals surface area (Å²) < 4.78 is 19.8. The number of nitrogens with one attached hydrogen (secondary N) is 1. The van der Waals surface area contributed by atoms with Gasteiger partial charge in [-0.05, 0) is 43.9 Å². The molecule has 0 fully saturated rings. The largest absolute Gasteiger partial charge is 0.483 e. The first-order chi connectivity index (χ1) is 17.0. The van der Waals surface area contributed by atoms with Crippen molar-refractivity contribution in [1.82, 2.24) is 4.90 Å². The Morgan fingerprint density at radius 3 is 2.20 bits per heavy atom. The normalized spacial score (nSPS) is 18.4. The summed E-state index contributed by atoms with van der Waals surface area (Å²) in [4.78, 5) is 40.9. The third kappa shape index (κ3) is 4.27. The van der Waals surface area contributed by atoms with Crippen LogP contribution in [0.5, 0.6) is 5.75 Å². The Kier molecular flexibility index (Phi) is 6.24. The number of anilines is 1. The maximum absolute atomic E-state index is 13.9. The van der Waals surface area contributed by atoms with Crippen LogP contribution in [0.3, 0.4) is 0 Å². The summed E-state index contributed by atoms with van der Waals surface area (Å²) in [5.74, 6) is -1.00. The molecule has 0 saturated heterocycles. The molecule has 0 unspecified atom stereocenters. The Balaban J connectivity index is 1.49. The number of ketones is 2. The number of carbonyl (C=O) groups is 3. The molecule has 0 atom stereocenters. The van der Waals surface area contributed by atoms with Crippen molar-refractivity contribution >= 4 is 23.2 Å². The molecule has 6 nitrogen and oxygen atoms in total. The van der Waals surface area contributed by atoms with Crippen LogP contribution in [-0.4, -0.2) is 36.0 Å². The number of amides is 1. The van der Waals surface area contributed by atoms with Crippen molar-refractivity contribution in [3.05, 3.63) is 82.5 Å². The van der Waals surface area contributed by atoms with Gasteiger partial charge in [-0.15, -0.1) is 0 Å². The van der Waals surface area contributed by atoms with Gasteiger partial charge in [-0.2, -0.15) is 0 Å². The first-order valence-corrected chi connectivity index (χ1v) is 12.0. The Morgan fingerprint density at radius 1 is 0.943 bits per heavy atom. The van der Waals surface area contributed by atoms with Crippen molar-refractivity contribution in [2.75, 3.05) is 19.0 Å². The topological polar surface area (TPSA) is 75.7 Å². The SMILES string of the molecule is CN1C2=C(C(=O)CCC2)C(c2ccccc2OCC(=O)Nc2ccccc2F)C2=C1CCCC2=O. The molecule has 1 aliphatic heterocycles. The number of hydrogen-bond acceptors (Lipinski definition) is 5. The van der Waals surface area contributed by atoms with E-state index in [9.17, 15) is 18.8 Å². The van der Waals surface area contributed by atoms with Crippen LogP contribution in [0.1, 0.15) is 50.0 Å². The number of hydrogen-bond donors (Lipinski definition) is 1. The predicted octanol–water partition coefficient (Wildman–Crippen LogP) is 4.89. The number of para-hydroxylation sites is 2. The Hall–Kier alpha value is -3.74. The average molecular weight is 475 g/mol. The second-order valence-electron chi connectivity index (χ2n) is 9.12. The summed E-state index contributed by atoms with van der Waals surface area (Å²) >= 11 is 0. The lowest BCUT2D eigenvalue weighted by molar-refractivity contribution is -0.119. The maximum Gasteiger partial charge on any atom is 0.262 e. The van der Waals surface area contributed by atoms with E-state index in [2.05, 4.69) is 10.2 Å². The van der Waals surface area contributed by atoms with Gasteiger partial charge in [-0.3, -0.25) is 14.4 Å². The van der Waals surface area contributed by atoms with Gasteiger partial charge in [0.05, 0.1) is 5.69 Å². The van der Waals surface area contributed by atoms with Gasteiger partial charge in [0.25, 0.3) is 5.91 Å². The van der Waals surface area contributed by atoms with Crippen molar-refractivity contribution in [3.8, 4) is 5.75 Å². The smallest absolute Gasteiger partial charge is 0.262 e. The molecule has 0 saturated carbocycles. The fourth-order valence-corrected chi connectivity index (χ4v) is 5.41. The highest BCUT2D eigenvalue weighted by atomic mass is 19.1. The predicted molar refractivity (Wildman–Crippen MR) is 129 cm³/mol. The molecule has 1 amide bonds. The van der Waals surface area contributed by atoms with Crippen LogP contribution >= 0.6 is 0 Å². The minimum atomic E-state index is -0.530. The molecule has 180 valence electrons. The van der Waals surface area contributed by atoms with Crippen molar-refractivity contribution in [1.29, 1.82) is 0 Å². The van der Waals surface area contributed by atoms with Crippen LogP contribution in [0.2, 0.25) is 0 Å². The molecule has 3 aliphatic rings. The third-order valence-corrected chi connectivity index (χ3v) is 6.98. The molecule has 0 bridgehead atoms. The van der Waals surface area contributed by atoms with Gasteiger partial charge < -0.3 is 15.0 Å². The Morgan fingerprint density at radius 2 is 1.54 bits per heavy atom.